The van der Waals surface area contributed by atoms with E-state index in [1.54, 1.807) is 18.2 Å². The fourth-order valence-electron chi connectivity index (χ4n) is 3.27. The first-order valence-electron chi connectivity index (χ1n) is 9.76. The van der Waals surface area contributed by atoms with Crippen LogP contribution < -0.4 is 29.2 Å². The lowest BCUT2D eigenvalue weighted by Crippen LogP contribution is -2.54. The Morgan fingerprint density at radius 1 is 1.18 bits per heavy atom. The highest BCUT2D eigenvalue weighted by molar-refractivity contribution is 14.1. The number of hydrogen-bond acceptors (Lipinski definition) is 7. The number of imide groups is 2. The van der Waals surface area contributed by atoms with Gasteiger partial charge in [-0.15, -0.1) is 6.42 Å². The van der Waals surface area contributed by atoms with Crippen LogP contribution in [0.15, 0.2) is 35.9 Å². The Kier molecular flexibility index (Phi) is 6.41. The molecule has 2 aliphatic heterocycles. The summed E-state index contributed by atoms with van der Waals surface area (Å²) in [4.78, 5) is 39.0. The number of barbiturate groups is 1. The topological polar surface area (TPSA) is 103 Å². The largest absolute Gasteiger partial charge is 0.490 e. The van der Waals surface area contributed by atoms with E-state index in [4.69, 9.17) is 25.4 Å². The molecule has 1 N–H and O–H groups in total. The lowest BCUT2D eigenvalue weighted by Gasteiger charge is -2.26. The van der Waals surface area contributed by atoms with E-state index in [0.29, 0.717) is 38.7 Å². The Labute approximate surface area is 202 Å². The van der Waals surface area contributed by atoms with Crippen molar-refractivity contribution in [3.63, 3.8) is 0 Å². The first-order valence-corrected chi connectivity index (χ1v) is 10.8. The first-order chi connectivity index (χ1) is 15.9. The van der Waals surface area contributed by atoms with Gasteiger partial charge in [0, 0.05) is 6.07 Å². The molecule has 1 fully saturated rings. The van der Waals surface area contributed by atoms with Crippen LogP contribution in [0.4, 0.5) is 10.5 Å². The van der Waals surface area contributed by atoms with Gasteiger partial charge in [0.05, 0.1) is 15.9 Å². The number of terminal acetylenes is 1. The number of amides is 4. The van der Waals surface area contributed by atoms with Crippen molar-refractivity contribution in [2.45, 2.75) is 6.92 Å². The highest BCUT2D eigenvalue weighted by Crippen LogP contribution is 2.37. The Hall–Kier alpha value is -3.72. The molecule has 0 aliphatic carbocycles. The van der Waals surface area contributed by atoms with E-state index in [2.05, 4.69) is 33.8 Å². The molecule has 2 aliphatic rings. The van der Waals surface area contributed by atoms with Crippen molar-refractivity contribution in [1.82, 2.24) is 5.32 Å². The van der Waals surface area contributed by atoms with Crippen LogP contribution in [-0.4, -0.2) is 37.9 Å². The Morgan fingerprint density at radius 3 is 2.73 bits per heavy atom. The van der Waals surface area contributed by atoms with E-state index in [1.807, 2.05) is 6.92 Å². The van der Waals surface area contributed by atoms with Gasteiger partial charge < -0.3 is 18.9 Å². The number of hydrogen-bond donors (Lipinski definition) is 1. The molecule has 4 rings (SSSR count). The summed E-state index contributed by atoms with van der Waals surface area (Å²) in [6.45, 7) is 2.29. The zero-order chi connectivity index (χ0) is 23.5. The molecule has 0 radical (unpaired) electrons. The summed E-state index contributed by atoms with van der Waals surface area (Å²) in [5.74, 6) is 2.60. The molecule has 10 heteroatoms. The maximum absolute atomic E-state index is 13.2. The molecule has 0 bridgehead atoms. The highest BCUT2D eigenvalue weighted by atomic mass is 127. The molecule has 0 spiro atoms. The van der Waals surface area contributed by atoms with Crippen molar-refractivity contribution >= 4 is 52.2 Å². The van der Waals surface area contributed by atoms with Crippen LogP contribution in [0, 0.1) is 15.9 Å². The van der Waals surface area contributed by atoms with Crippen molar-refractivity contribution in [2.75, 3.05) is 24.9 Å². The van der Waals surface area contributed by atoms with Gasteiger partial charge in [-0.05, 0) is 65.4 Å². The molecule has 2 heterocycles. The van der Waals surface area contributed by atoms with Crippen LogP contribution in [0.3, 0.4) is 0 Å². The van der Waals surface area contributed by atoms with Gasteiger partial charge in [-0.1, -0.05) is 5.92 Å². The Balaban J connectivity index is 1.71. The molecular weight excluding hydrogens is 543 g/mol. The molecule has 0 saturated carbocycles. The summed E-state index contributed by atoms with van der Waals surface area (Å²) in [6, 6.07) is 7.11. The number of urea groups is 1. The fourth-order valence-corrected chi connectivity index (χ4v) is 4.05. The molecule has 168 valence electrons. The third kappa shape index (κ3) is 4.45. The van der Waals surface area contributed by atoms with Gasteiger partial charge in [0.2, 0.25) is 6.79 Å². The van der Waals surface area contributed by atoms with Gasteiger partial charge in [-0.3, -0.25) is 14.9 Å². The quantitative estimate of drug-likeness (QED) is 0.251. The summed E-state index contributed by atoms with van der Waals surface area (Å²) in [6.07, 6.45) is 6.67. The second kappa shape index (κ2) is 9.41. The van der Waals surface area contributed by atoms with Crippen LogP contribution in [0.2, 0.25) is 0 Å². The number of halogens is 1. The Bertz CT molecular complexity index is 1230. The van der Waals surface area contributed by atoms with Crippen LogP contribution in [0.25, 0.3) is 6.08 Å². The average molecular weight is 560 g/mol. The number of anilines is 1. The van der Waals surface area contributed by atoms with Crippen molar-refractivity contribution in [2.24, 2.45) is 0 Å². The molecule has 1 saturated heterocycles. The second-order valence-corrected chi connectivity index (χ2v) is 7.91. The maximum Gasteiger partial charge on any atom is 0.335 e. The summed E-state index contributed by atoms with van der Waals surface area (Å²) in [7, 11) is 0. The normalized spacial score (nSPS) is 16.0. The maximum atomic E-state index is 13.2. The summed E-state index contributed by atoms with van der Waals surface area (Å²) in [5.41, 5.74) is 0.528. The van der Waals surface area contributed by atoms with Gasteiger partial charge in [-0.2, -0.15) is 0 Å². The number of carbonyl (C=O) groups excluding carboxylic acids is 3. The SMILES string of the molecule is C#CCOc1c(I)cc(/C=C2\C(=O)NC(=O)N(c3ccc4c(c3)OCO4)C2=O)cc1OCC. The molecule has 33 heavy (non-hydrogen) atoms. The predicted octanol–water partition coefficient (Wildman–Crippen LogP) is 3.10. The van der Waals surface area contributed by atoms with Crippen molar-refractivity contribution < 1.29 is 33.3 Å². The molecule has 2 aromatic rings. The molecule has 4 amide bonds. The molecule has 9 nitrogen and oxygen atoms in total. The van der Waals surface area contributed by atoms with Crippen LogP contribution in [-0.2, 0) is 9.59 Å². The predicted molar refractivity (Wildman–Crippen MR) is 126 cm³/mol. The average Bonchev–Trinajstić information content (AvgIpc) is 3.24. The minimum atomic E-state index is -0.858. The molecular formula is C23H17IN2O7. The number of carbonyl (C=O) groups is 3. The smallest absolute Gasteiger partial charge is 0.335 e. The van der Waals surface area contributed by atoms with E-state index in [-0.39, 0.29) is 24.7 Å². The highest BCUT2D eigenvalue weighted by Gasteiger charge is 2.37. The summed E-state index contributed by atoms with van der Waals surface area (Å²) < 4.78 is 22.5. The van der Waals surface area contributed by atoms with E-state index in [0.717, 1.165) is 4.90 Å². The standard InChI is InChI=1S/C23H17IN2O7/c1-3-7-31-20-16(24)9-13(10-19(20)30-4-2)8-15-21(27)25-23(29)26(22(15)28)14-5-6-17-18(11-14)33-12-32-17/h1,5-6,8-11H,4,7,12H2,2H3,(H,25,27,29)/b15-8+. The van der Waals surface area contributed by atoms with E-state index in [9.17, 15) is 14.4 Å². The third-order valence-electron chi connectivity index (χ3n) is 4.66. The number of nitrogens with one attached hydrogen (secondary N) is 1. The van der Waals surface area contributed by atoms with Gasteiger partial charge in [0.15, 0.2) is 23.0 Å². The Morgan fingerprint density at radius 2 is 1.97 bits per heavy atom. The summed E-state index contributed by atoms with van der Waals surface area (Å²) >= 11 is 2.05. The zero-order valence-corrected chi connectivity index (χ0v) is 19.5. The van der Waals surface area contributed by atoms with E-state index in [1.165, 1.54) is 18.2 Å². The minimum Gasteiger partial charge on any atom is -0.490 e. The van der Waals surface area contributed by atoms with Crippen molar-refractivity contribution in [3.05, 3.63) is 45.0 Å². The molecule has 0 atom stereocenters. The monoisotopic (exact) mass is 560 g/mol. The number of nitrogens with zero attached hydrogens (tertiary/aromatic N) is 1. The lowest BCUT2D eigenvalue weighted by molar-refractivity contribution is -0.122. The van der Waals surface area contributed by atoms with Gasteiger partial charge in [0.25, 0.3) is 11.8 Å². The van der Waals surface area contributed by atoms with Crippen LogP contribution >= 0.6 is 22.6 Å². The fraction of sp³-hybridized carbons (Fsp3) is 0.174. The van der Waals surface area contributed by atoms with Crippen LogP contribution in [0.1, 0.15) is 12.5 Å². The minimum absolute atomic E-state index is 0.0461. The third-order valence-corrected chi connectivity index (χ3v) is 5.46. The number of rotatable bonds is 6. The van der Waals surface area contributed by atoms with E-state index < -0.39 is 17.8 Å². The number of benzene rings is 2. The summed E-state index contributed by atoms with van der Waals surface area (Å²) in [5, 5.41) is 2.20. The van der Waals surface area contributed by atoms with Crippen molar-refractivity contribution in [1.29, 1.82) is 0 Å². The second-order valence-electron chi connectivity index (χ2n) is 6.75. The van der Waals surface area contributed by atoms with Gasteiger partial charge in [0.1, 0.15) is 12.2 Å². The molecule has 0 aromatic heterocycles. The lowest BCUT2D eigenvalue weighted by atomic mass is 10.1. The van der Waals surface area contributed by atoms with Gasteiger partial charge >= 0.3 is 6.03 Å². The number of fused-ring (bicyclic) bond motifs is 1. The molecule has 2 aromatic carbocycles. The van der Waals surface area contributed by atoms with Crippen LogP contribution in [0.5, 0.6) is 23.0 Å². The molecule has 0 unspecified atom stereocenters. The zero-order valence-electron chi connectivity index (χ0n) is 17.3. The van der Waals surface area contributed by atoms with Gasteiger partial charge in [-0.25, -0.2) is 9.69 Å². The number of ether oxygens (including phenoxy) is 4. The first kappa shape index (κ1) is 22.5. The van der Waals surface area contributed by atoms with E-state index >= 15 is 0 Å². The van der Waals surface area contributed by atoms with Crippen molar-refractivity contribution in [3.8, 4) is 35.3 Å².